The van der Waals surface area contributed by atoms with Gasteiger partial charge in [-0.3, -0.25) is 9.97 Å². The molecule has 5 rings (SSSR count). The number of hydrogen-bond donors (Lipinski definition) is 1. The second-order valence-corrected chi connectivity index (χ2v) is 8.49. The van der Waals surface area contributed by atoms with Gasteiger partial charge in [0.2, 0.25) is 0 Å². The van der Waals surface area contributed by atoms with Gasteiger partial charge in [-0.2, -0.15) is 0 Å². The largest absolute Gasteiger partial charge is 0.467 e. The molecule has 1 aliphatic rings. The molecule has 4 aromatic heterocycles. The van der Waals surface area contributed by atoms with Crippen LogP contribution in [0.25, 0.3) is 0 Å². The Kier molecular flexibility index (Phi) is 5.49. The Hall–Kier alpha value is -3.45. The molecule has 162 valence electrons. The highest BCUT2D eigenvalue weighted by Gasteiger charge is 2.41. The van der Waals surface area contributed by atoms with E-state index in [0.29, 0.717) is 11.7 Å². The Morgan fingerprint density at radius 2 is 1.97 bits per heavy atom. The van der Waals surface area contributed by atoms with Gasteiger partial charge in [0.25, 0.3) is 0 Å². The molecule has 1 saturated heterocycles. The lowest BCUT2D eigenvalue weighted by atomic mass is 9.96. The van der Waals surface area contributed by atoms with E-state index < -0.39 is 0 Å². The predicted octanol–water partition coefficient (Wildman–Crippen LogP) is 4.71. The van der Waals surface area contributed by atoms with Crippen LogP contribution in [0.4, 0.5) is 0 Å². The first-order valence-corrected chi connectivity index (χ1v) is 11.1. The predicted molar refractivity (Wildman–Crippen MR) is 127 cm³/mol. The number of furan rings is 1. The van der Waals surface area contributed by atoms with Crippen molar-refractivity contribution in [3.63, 3.8) is 0 Å². The summed E-state index contributed by atoms with van der Waals surface area (Å²) in [6.45, 7) is 5.71. The summed E-state index contributed by atoms with van der Waals surface area (Å²) in [6.07, 6.45) is 7.26. The van der Waals surface area contributed by atoms with Crippen LogP contribution in [0.3, 0.4) is 0 Å². The standard InChI is InChI=1S/C25H25N5OS/c1-17-13-21(18(2)29(17)15-19-7-5-10-26-14-19)24-23(22-9-3-4-11-27-22)28-25(32)30(24)16-20-8-6-12-31-20/h3-14,23-24H,15-16H2,1-2H3,(H,28,32)/t23-,24-/m0/s1. The van der Waals surface area contributed by atoms with Crippen LogP contribution in [0.2, 0.25) is 0 Å². The van der Waals surface area contributed by atoms with Gasteiger partial charge in [0, 0.05) is 36.5 Å². The Morgan fingerprint density at radius 1 is 1.06 bits per heavy atom. The second kappa shape index (κ2) is 8.59. The molecule has 0 bridgehead atoms. The quantitative estimate of drug-likeness (QED) is 0.436. The van der Waals surface area contributed by atoms with Crippen molar-refractivity contribution in [3.8, 4) is 0 Å². The first kappa shape index (κ1) is 20.5. The van der Waals surface area contributed by atoms with Crippen LogP contribution in [0, 0.1) is 13.8 Å². The Bertz CT molecular complexity index is 1200. The molecule has 7 heteroatoms. The van der Waals surface area contributed by atoms with Crippen LogP contribution in [0.5, 0.6) is 0 Å². The normalized spacial score (nSPS) is 18.2. The minimum atomic E-state index is -0.0500. The maximum Gasteiger partial charge on any atom is 0.170 e. The Balaban J connectivity index is 1.56. The van der Waals surface area contributed by atoms with Crippen molar-refractivity contribution in [2.24, 2.45) is 0 Å². The third-order valence-electron chi connectivity index (χ3n) is 6.10. The van der Waals surface area contributed by atoms with E-state index in [4.69, 9.17) is 16.6 Å². The van der Waals surface area contributed by atoms with E-state index >= 15 is 0 Å². The maximum absolute atomic E-state index is 5.79. The van der Waals surface area contributed by atoms with Gasteiger partial charge in [-0.25, -0.2) is 0 Å². The fraction of sp³-hybridized carbons (Fsp3) is 0.240. The van der Waals surface area contributed by atoms with Crippen molar-refractivity contribution < 1.29 is 4.42 Å². The topological polar surface area (TPSA) is 59.1 Å². The first-order valence-electron chi connectivity index (χ1n) is 10.7. The van der Waals surface area contributed by atoms with Gasteiger partial charge >= 0.3 is 0 Å². The van der Waals surface area contributed by atoms with Crippen LogP contribution < -0.4 is 5.32 Å². The highest BCUT2D eigenvalue weighted by Crippen LogP contribution is 2.41. The molecule has 1 aliphatic heterocycles. The lowest BCUT2D eigenvalue weighted by Crippen LogP contribution is -2.29. The van der Waals surface area contributed by atoms with Gasteiger partial charge < -0.3 is 19.2 Å². The molecule has 0 saturated carbocycles. The summed E-state index contributed by atoms with van der Waals surface area (Å²) >= 11 is 5.79. The lowest BCUT2D eigenvalue weighted by molar-refractivity contribution is 0.286. The number of hydrogen-bond acceptors (Lipinski definition) is 4. The first-order chi connectivity index (χ1) is 15.6. The van der Waals surface area contributed by atoms with Gasteiger partial charge in [-0.1, -0.05) is 12.1 Å². The van der Waals surface area contributed by atoms with Gasteiger partial charge in [0.15, 0.2) is 5.11 Å². The van der Waals surface area contributed by atoms with Gasteiger partial charge in [-0.05, 0) is 73.6 Å². The molecular formula is C25H25N5OS. The number of rotatable bonds is 6. The van der Waals surface area contributed by atoms with E-state index in [1.165, 1.54) is 22.5 Å². The summed E-state index contributed by atoms with van der Waals surface area (Å²) in [6, 6.07) is 16.2. The van der Waals surface area contributed by atoms with Crippen molar-refractivity contribution in [1.82, 2.24) is 24.8 Å². The lowest BCUT2D eigenvalue weighted by Gasteiger charge is -2.27. The number of pyridine rings is 2. The highest BCUT2D eigenvalue weighted by molar-refractivity contribution is 7.80. The summed E-state index contributed by atoms with van der Waals surface area (Å²) in [4.78, 5) is 11.1. The SMILES string of the molecule is Cc1cc([C@H]2[C@H](c3ccccn3)NC(=S)N2Cc2ccco2)c(C)n1Cc1cccnc1. The Morgan fingerprint density at radius 3 is 2.69 bits per heavy atom. The van der Waals surface area contributed by atoms with E-state index in [1.54, 1.807) is 12.5 Å². The molecule has 0 unspecified atom stereocenters. The van der Waals surface area contributed by atoms with Crippen LogP contribution in [0.15, 0.2) is 77.8 Å². The minimum absolute atomic E-state index is 0.00338. The molecule has 0 aromatic carbocycles. The zero-order chi connectivity index (χ0) is 22.1. The fourth-order valence-electron chi connectivity index (χ4n) is 4.53. The molecule has 32 heavy (non-hydrogen) atoms. The third kappa shape index (κ3) is 3.80. The molecule has 0 spiro atoms. The molecule has 2 atom stereocenters. The van der Waals surface area contributed by atoms with E-state index in [0.717, 1.165) is 18.0 Å². The molecule has 0 amide bonds. The van der Waals surface area contributed by atoms with Crippen molar-refractivity contribution in [2.75, 3.05) is 0 Å². The van der Waals surface area contributed by atoms with Crippen LogP contribution in [-0.4, -0.2) is 24.5 Å². The van der Waals surface area contributed by atoms with Crippen molar-refractivity contribution in [2.45, 2.75) is 39.0 Å². The molecule has 4 aromatic rings. The van der Waals surface area contributed by atoms with E-state index in [1.807, 2.05) is 42.7 Å². The molecule has 1 N–H and O–H groups in total. The van der Waals surface area contributed by atoms with Gasteiger partial charge in [0.1, 0.15) is 5.76 Å². The number of thiocarbonyl (C=S) groups is 1. The number of nitrogens with zero attached hydrogens (tertiary/aromatic N) is 4. The maximum atomic E-state index is 5.79. The molecule has 0 aliphatic carbocycles. The monoisotopic (exact) mass is 443 g/mol. The smallest absolute Gasteiger partial charge is 0.170 e. The molecule has 1 fully saturated rings. The summed E-state index contributed by atoms with van der Waals surface area (Å²) < 4.78 is 7.99. The minimum Gasteiger partial charge on any atom is -0.467 e. The average molecular weight is 444 g/mol. The van der Waals surface area contributed by atoms with Gasteiger partial charge in [-0.15, -0.1) is 0 Å². The zero-order valence-corrected chi connectivity index (χ0v) is 18.9. The summed E-state index contributed by atoms with van der Waals surface area (Å²) in [7, 11) is 0. The molecule has 6 nitrogen and oxygen atoms in total. The summed E-state index contributed by atoms with van der Waals surface area (Å²) in [5, 5.41) is 4.23. The van der Waals surface area contributed by atoms with Gasteiger partial charge in [0.05, 0.1) is 30.6 Å². The van der Waals surface area contributed by atoms with Crippen molar-refractivity contribution >= 4 is 17.3 Å². The highest BCUT2D eigenvalue weighted by atomic mass is 32.1. The van der Waals surface area contributed by atoms with Crippen LogP contribution in [-0.2, 0) is 13.1 Å². The number of aromatic nitrogens is 3. The average Bonchev–Trinajstić information content (AvgIpc) is 3.51. The van der Waals surface area contributed by atoms with E-state index in [9.17, 15) is 0 Å². The third-order valence-corrected chi connectivity index (χ3v) is 6.45. The van der Waals surface area contributed by atoms with E-state index in [-0.39, 0.29) is 12.1 Å². The van der Waals surface area contributed by atoms with Crippen LogP contribution >= 0.6 is 12.2 Å². The van der Waals surface area contributed by atoms with Crippen LogP contribution in [0.1, 0.15) is 46.1 Å². The molecule has 0 radical (unpaired) electrons. The summed E-state index contributed by atoms with van der Waals surface area (Å²) in [5.74, 6) is 0.880. The van der Waals surface area contributed by atoms with Crippen molar-refractivity contribution in [3.05, 3.63) is 107 Å². The number of nitrogens with one attached hydrogen (secondary N) is 1. The second-order valence-electron chi connectivity index (χ2n) is 8.11. The van der Waals surface area contributed by atoms with E-state index in [2.05, 4.69) is 56.8 Å². The fourth-order valence-corrected chi connectivity index (χ4v) is 4.83. The zero-order valence-electron chi connectivity index (χ0n) is 18.1. The number of aryl methyl sites for hydroxylation is 1. The summed E-state index contributed by atoms with van der Waals surface area (Å²) in [5.41, 5.74) is 5.81. The molecule has 5 heterocycles. The van der Waals surface area contributed by atoms with Crippen molar-refractivity contribution in [1.29, 1.82) is 0 Å². The molecular weight excluding hydrogens is 418 g/mol. The Labute approximate surface area is 192 Å².